The van der Waals surface area contributed by atoms with E-state index in [-0.39, 0.29) is 17.8 Å². The Labute approximate surface area is 150 Å². The Bertz CT molecular complexity index is 841. The van der Waals surface area contributed by atoms with Gasteiger partial charge in [-0.2, -0.15) is 4.98 Å². The number of non-ortho nitro benzene ring substituents is 1. The molecule has 0 spiro atoms. The molecule has 1 aliphatic rings. The molecule has 1 amide bonds. The summed E-state index contributed by atoms with van der Waals surface area (Å²) in [6.07, 6.45) is -0.335. The maximum absolute atomic E-state index is 12.3. The number of piperazine rings is 1. The van der Waals surface area contributed by atoms with Crippen molar-refractivity contribution in [2.45, 2.75) is 39.3 Å². The number of carbonyl (C=O) groups excluding carboxylic acids is 1. The fourth-order valence-electron chi connectivity index (χ4n) is 2.88. The molecular weight excluding hydrogens is 340 g/mol. The van der Waals surface area contributed by atoms with Gasteiger partial charge in [-0.25, -0.2) is 4.79 Å². The predicted octanol–water partition coefficient (Wildman–Crippen LogP) is 3.18. The lowest BCUT2D eigenvalue weighted by atomic mass is 10.2. The van der Waals surface area contributed by atoms with Gasteiger partial charge in [0.1, 0.15) is 11.1 Å². The Morgan fingerprint density at radius 2 is 2.12 bits per heavy atom. The van der Waals surface area contributed by atoms with E-state index in [1.807, 2.05) is 32.6 Å². The summed E-state index contributed by atoms with van der Waals surface area (Å²) in [5, 5.41) is 10.9. The number of nitro groups is 1. The minimum Gasteiger partial charge on any atom is -0.444 e. The highest BCUT2D eigenvalue weighted by Gasteiger charge is 2.32. The van der Waals surface area contributed by atoms with Crippen LogP contribution in [0.25, 0.3) is 11.1 Å². The lowest BCUT2D eigenvalue weighted by Gasteiger charge is -2.39. The van der Waals surface area contributed by atoms with Crippen LogP contribution in [0.2, 0.25) is 0 Å². The monoisotopic (exact) mass is 362 g/mol. The number of ether oxygens (including phenoxy) is 1. The Morgan fingerprint density at radius 1 is 1.38 bits per heavy atom. The number of nitrogens with zero attached hydrogens (tertiary/aromatic N) is 4. The first-order valence-electron chi connectivity index (χ1n) is 8.43. The van der Waals surface area contributed by atoms with Gasteiger partial charge in [-0.3, -0.25) is 10.1 Å². The molecule has 0 bridgehead atoms. The summed E-state index contributed by atoms with van der Waals surface area (Å²) in [5.74, 6) is 0. The highest BCUT2D eigenvalue weighted by atomic mass is 16.6. The van der Waals surface area contributed by atoms with Crippen LogP contribution in [0.4, 0.5) is 16.5 Å². The summed E-state index contributed by atoms with van der Waals surface area (Å²) in [6.45, 7) is 9.00. The number of carbonyl (C=O) groups is 1. The Hall–Kier alpha value is -2.84. The zero-order valence-electron chi connectivity index (χ0n) is 15.3. The van der Waals surface area contributed by atoms with Gasteiger partial charge < -0.3 is 19.0 Å². The number of benzene rings is 1. The van der Waals surface area contributed by atoms with Gasteiger partial charge in [-0.1, -0.05) is 0 Å². The Morgan fingerprint density at radius 3 is 2.73 bits per heavy atom. The van der Waals surface area contributed by atoms with Gasteiger partial charge >= 0.3 is 6.09 Å². The second kappa shape index (κ2) is 6.47. The van der Waals surface area contributed by atoms with Crippen molar-refractivity contribution in [3.8, 4) is 0 Å². The molecule has 1 aromatic carbocycles. The van der Waals surface area contributed by atoms with Gasteiger partial charge in [0.25, 0.3) is 11.7 Å². The van der Waals surface area contributed by atoms with Crippen molar-refractivity contribution in [2.24, 2.45) is 0 Å². The number of hydrogen-bond acceptors (Lipinski definition) is 7. The average molecular weight is 362 g/mol. The second-order valence-electron chi connectivity index (χ2n) is 7.37. The molecule has 2 heterocycles. The molecule has 9 nitrogen and oxygen atoms in total. The van der Waals surface area contributed by atoms with Gasteiger partial charge in [0.05, 0.1) is 4.92 Å². The predicted molar refractivity (Wildman–Crippen MR) is 95.3 cm³/mol. The van der Waals surface area contributed by atoms with E-state index in [0.29, 0.717) is 36.7 Å². The van der Waals surface area contributed by atoms with Crippen molar-refractivity contribution in [3.05, 3.63) is 28.3 Å². The zero-order valence-corrected chi connectivity index (χ0v) is 15.3. The van der Waals surface area contributed by atoms with Gasteiger partial charge in [-0.05, 0) is 33.8 Å². The molecule has 26 heavy (non-hydrogen) atoms. The summed E-state index contributed by atoms with van der Waals surface area (Å²) >= 11 is 0. The number of fused-ring (bicyclic) bond motifs is 1. The molecule has 140 valence electrons. The maximum atomic E-state index is 12.3. The lowest BCUT2D eigenvalue weighted by Crippen LogP contribution is -2.55. The third-order valence-electron chi connectivity index (χ3n) is 4.10. The summed E-state index contributed by atoms with van der Waals surface area (Å²) in [6, 6.07) is 4.65. The first-order valence-corrected chi connectivity index (χ1v) is 8.43. The normalized spacial score (nSPS) is 18.2. The van der Waals surface area contributed by atoms with E-state index in [9.17, 15) is 14.9 Å². The number of anilines is 1. The van der Waals surface area contributed by atoms with Crippen molar-refractivity contribution in [1.29, 1.82) is 0 Å². The second-order valence-corrected chi connectivity index (χ2v) is 7.37. The minimum atomic E-state index is -0.539. The summed E-state index contributed by atoms with van der Waals surface area (Å²) < 4.78 is 11.2. The fraction of sp³-hybridized carbons (Fsp3) is 0.529. The third-order valence-corrected chi connectivity index (χ3v) is 4.10. The van der Waals surface area contributed by atoms with Crippen molar-refractivity contribution >= 4 is 28.9 Å². The van der Waals surface area contributed by atoms with Crippen molar-refractivity contribution in [2.75, 3.05) is 24.5 Å². The number of nitro benzene ring substituents is 1. The number of oxazole rings is 1. The van der Waals surface area contributed by atoms with Crippen LogP contribution in [0.1, 0.15) is 27.7 Å². The number of hydrogen-bond donors (Lipinski definition) is 0. The smallest absolute Gasteiger partial charge is 0.410 e. The maximum Gasteiger partial charge on any atom is 0.410 e. The molecular formula is C17H22N4O5. The molecule has 1 fully saturated rings. The highest BCUT2D eigenvalue weighted by Crippen LogP contribution is 2.27. The molecule has 0 aliphatic carbocycles. The number of rotatable bonds is 2. The van der Waals surface area contributed by atoms with Crippen molar-refractivity contribution in [1.82, 2.24) is 9.88 Å². The van der Waals surface area contributed by atoms with Crippen LogP contribution in [-0.2, 0) is 4.74 Å². The molecule has 3 rings (SSSR count). The number of amides is 1. The molecule has 1 saturated heterocycles. The topological polar surface area (TPSA) is 102 Å². The van der Waals surface area contributed by atoms with E-state index in [1.165, 1.54) is 12.1 Å². The average Bonchev–Trinajstić information content (AvgIpc) is 2.95. The van der Waals surface area contributed by atoms with Crippen LogP contribution in [0, 0.1) is 10.1 Å². The molecule has 0 radical (unpaired) electrons. The molecule has 1 aliphatic heterocycles. The minimum absolute atomic E-state index is 0.0273. The molecule has 0 N–H and O–H groups in total. The first-order chi connectivity index (χ1) is 12.1. The molecule has 0 unspecified atom stereocenters. The van der Waals surface area contributed by atoms with E-state index in [2.05, 4.69) is 4.98 Å². The molecule has 2 aromatic rings. The standard InChI is InChI=1S/C17H22N4O5/c1-11-10-19(7-8-20(11)16(22)26-17(2,3)4)15-18-13-9-12(21(23)24)5-6-14(13)25-15/h5-6,9,11H,7-8,10H2,1-4H3/t11-/m1/s1. The Kier molecular flexibility index (Phi) is 4.47. The fourth-order valence-corrected chi connectivity index (χ4v) is 2.88. The van der Waals surface area contributed by atoms with E-state index >= 15 is 0 Å². The van der Waals surface area contributed by atoms with Crippen molar-refractivity contribution in [3.63, 3.8) is 0 Å². The van der Waals surface area contributed by atoms with E-state index < -0.39 is 10.5 Å². The molecule has 1 atom stereocenters. The SMILES string of the molecule is C[C@@H]1CN(c2nc3cc([N+](=O)[O-])ccc3o2)CCN1C(=O)OC(C)(C)C. The third kappa shape index (κ3) is 3.71. The van der Waals surface area contributed by atoms with Gasteiger partial charge in [0.15, 0.2) is 5.58 Å². The van der Waals surface area contributed by atoms with E-state index in [4.69, 9.17) is 9.15 Å². The Balaban J connectivity index is 1.73. The van der Waals surface area contributed by atoms with Crippen LogP contribution in [-0.4, -0.2) is 52.2 Å². The largest absolute Gasteiger partial charge is 0.444 e. The van der Waals surface area contributed by atoms with Crippen LogP contribution < -0.4 is 4.90 Å². The summed E-state index contributed by atoms with van der Waals surface area (Å²) in [7, 11) is 0. The van der Waals surface area contributed by atoms with Crippen molar-refractivity contribution < 1.29 is 18.9 Å². The highest BCUT2D eigenvalue weighted by molar-refractivity contribution is 5.77. The summed E-state index contributed by atoms with van der Waals surface area (Å²) in [5.41, 5.74) is 0.368. The lowest BCUT2D eigenvalue weighted by molar-refractivity contribution is -0.384. The van der Waals surface area contributed by atoms with Gasteiger partial charge in [-0.15, -0.1) is 0 Å². The van der Waals surface area contributed by atoms with Crippen LogP contribution in [0.5, 0.6) is 0 Å². The molecule has 9 heteroatoms. The first kappa shape index (κ1) is 18.0. The van der Waals surface area contributed by atoms with Gasteiger partial charge in [0.2, 0.25) is 0 Å². The molecule has 1 aromatic heterocycles. The summed E-state index contributed by atoms with van der Waals surface area (Å²) in [4.78, 5) is 30.7. The zero-order chi connectivity index (χ0) is 19.1. The van der Waals surface area contributed by atoms with Crippen LogP contribution in [0.15, 0.2) is 22.6 Å². The van der Waals surface area contributed by atoms with Crippen LogP contribution in [0.3, 0.4) is 0 Å². The van der Waals surface area contributed by atoms with E-state index in [0.717, 1.165) is 0 Å². The van der Waals surface area contributed by atoms with Crippen LogP contribution >= 0.6 is 0 Å². The molecule has 0 saturated carbocycles. The van der Waals surface area contributed by atoms with E-state index in [1.54, 1.807) is 11.0 Å². The quantitative estimate of drug-likeness (QED) is 0.597. The number of aromatic nitrogens is 1. The van der Waals surface area contributed by atoms with Gasteiger partial charge in [0, 0.05) is 37.8 Å².